The van der Waals surface area contributed by atoms with Gasteiger partial charge in [0.15, 0.2) is 5.65 Å². The highest BCUT2D eigenvalue weighted by Crippen LogP contribution is 2.30. The number of ether oxygens (including phenoxy) is 1. The molecule has 0 bridgehead atoms. The lowest BCUT2D eigenvalue weighted by Gasteiger charge is -2.33. The zero-order valence-corrected chi connectivity index (χ0v) is 17.0. The number of furan rings is 1. The van der Waals surface area contributed by atoms with Gasteiger partial charge in [-0.05, 0) is 38.5 Å². The third-order valence-corrected chi connectivity index (χ3v) is 5.39. The van der Waals surface area contributed by atoms with Crippen molar-refractivity contribution in [3.63, 3.8) is 0 Å². The lowest BCUT2D eigenvalue weighted by atomic mass is 10.1. The van der Waals surface area contributed by atoms with Crippen LogP contribution in [0.4, 0.5) is 19.0 Å². The molecule has 1 atom stereocenters. The molecule has 3 aromatic heterocycles. The molecule has 4 heterocycles. The Kier molecular flexibility index (Phi) is 5.41. The molecule has 0 saturated carbocycles. The van der Waals surface area contributed by atoms with Crippen molar-refractivity contribution in [2.75, 3.05) is 38.2 Å². The molecule has 1 saturated heterocycles. The van der Waals surface area contributed by atoms with Gasteiger partial charge < -0.3 is 14.5 Å². The van der Waals surface area contributed by atoms with E-state index in [1.54, 1.807) is 13.8 Å². The second kappa shape index (κ2) is 7.88. The summed E-state index contributed by atoms with van der Waals surface area (Å²) < 4.78 is 51.9. The van der Waals surface area contributed by atoms with Gasteiger partial charge in [0.2, 0.25) is 0 Å². The van der Waals surface area contributed by atoms with Gasteiger partial charge in [-0.1, -0.05) is 0 Å². The Labute approximate surface area is 171 Å². The zero-order chi connectivity index (χ0) is 21.5. The highest BCUT2D eigenvalue weighted by atomic mass is 19.4. The molecule has 1 aliphatic rings. The monoisotopic (exact) mass is 424 g/mol. The zero-order valence-electron chi connectivity index (χ0n) is 17.0. The molecule has 0 amide bonds. The molecule has 1 N–H and O–H groups in total. The maximum absolute atomic E-state index is 13.3. The van der Waals surface area contributed by atoms with Crippen LogP contribution in [0.25, 0.3) is 5.65 Å². The molecule has 3 aromatic rings. The maximum atomic E-state index is 13.3. The molecule has 4 rings (SSSR count). The van der Waals surface area contributed by atoms with Gasteiger partial charge in [-0.25, -0.2) is 0 Å². The SMILES string of the molecule is Cc1ccc(C(CNc2nn3c(C(F)(F)F)nnc3c(C)c2C)N2CCOCC2)o1. The lowest BCUT2D eigenvalue weighted by molar-refractivity contribution is -0.146. The van der Waals surface area contributed by atoms with Crippen molar-refractivity contribution in [1.29, 1.82) is 0 Å². The van der Waals surface area contributed by atoms with Crippen molar-refractivity contribution in [3.05, 3.63) is 40.6 Å². The van der Waals surface area contributed by atoms with Crippen LogP contribution in [0.5, 0.6) is 0 Å². The van der Waals surface area contributed by atoms with Gasteiger partial charge in [-0.15, -0.1) is 15.3 Å². The summed E-state index contributed by atoms with van der Waals surface area (Å²) in [6.45, 7) is 8.51. The van der Waals surface area contributed by atoms with Crippen LogP contribution in [0.3, 0.4) is 0 Å². The Morgan fingerprint density at radius 3 is 2.47 bits per heavy atom. The highest BCUT2D eigenvalue weighted by Gasteiger charge is 2.38. The molecule has 1 aliphatic heterocycles. The predicted molar refractivity (Wildman–Crippen MR) is 102 cm³/mol. The van der Waals surface area contributed by atoms with Crippen LogP contribution in [-0.4, -0.2) is 57.6 Å². The van der Waals surface area contributed by atoms with Crippen LogP contribution in [0, 0.1) is 20.8 Å². The van der Waals surface area contributed by atoms with Gasteiger partial charge in [-0.3, -0.25) is 4.90 Å². The number of hydrogen-bond acceptors (Lipinski definition) is 7. The van der Waals surface area contributed by atoms with E-state index in [-0.39, 0.29) is 11.7 Å². The average molecular weight is 424 g/mol. The van der Waals surface area contributed by atoms with Crippen LogP contribution in [-0.2, 0) is 10.9 Å². The Bertz CT molecular complexity index is 1040. The van der Waals surface area contributed by atoms with E-state index in [1.807, 2.05) is 19.1 Å². The van der Waals surface area contributed by atoms with Crippen molar-refractivity contribution >= 4 is 11.5 Å². The van der Waals surface area contributed by atoms with E-state index in [0.29, 0.717) is 31.1 Å². The van der Waals surface area contributed by atoms with Gasteiger partial charge in [0.25, 0.3) is 5.82 Å². The van der Waals surface area contributed by atoms with E-state index < -0.39 is 12.0 Å². The summed E-state index contributed by atoms with van der Waals surface area (Å²) >= 11 is 0. The number of morpholine rings is 1. The second-order valence-electron chi connectivity index (χ2n) is 7.35. The Morgan fingerprint density at radius 2 is 1.83 bits per heavy atom. The average Bonchev–Trinajstić information content (AvgIpc) is 3.33. The highest BCUT2D eigenvalue weighted by molar-refractivity contribution is 5.58. The smallest absolute Gasteiger partial charge is 0.453 e. The normalized spacial score (nSPS) is 16.9. The number of hydrogen-bond donors (Lipinski definition) is 1. The fourth-order valence-corrected chi connectivity index (χ4v) is 3.60. The van der Waals surface area contributed by atoms with Crippen molar-refractivity contribution in [1.82, 2.24) is 24.7 Å². The topological polar surface area (TPSA) is 80.7 Å². The number of nitrogens with zero attached hydrogens (tertiary/aromatic N) is 5. The fraction of sp³-hybridized carbons (Fsp3) is 0.526. The first-order valence-electron chi connectivity index (χ1n) is 9.67. The summed E-state index contributed by atoms with van der Waals surface area (Å²) in [4.78, 5) is 2.23. The molecular formula is C19H23F3N6O2. The Balaban J connectivity index is 1.65. The summed E-state index contributed by atoms with van der Waals surface area (Å²) in [5.74, 6) is 0.800. The number of alkyl halides is 3. The summed E-state index contributed by atoms with van der Waals surface area (Å²) in [5.41, 5.74) is 1.41. The summed E-state index contributed by atoms with van der Waals surface area (Å²) in [7, 11) is 0. The van der Waals surface area contributed by atoms with E-state index in [4.69, 9.17) is 9.15 Å². The minimum Gasteiger partial charge on any atom is -0.465 e. The van der Waals surface area contributed by atoms with Gasteiger partial charge in [0.1, 0.15) is 17.3 Å². The molecule has 0 aliphatic carbocycles. The number of nitrogens with one attached hydrogen (secondary N) is 1. The van der Waals surface area contributed by atoms with Gasteiger partial charge in [0, 0.05) is 25.2 Å². The third-order valence-electron chi connectivity index (χ3n) is 5.39. The van der Waals surface area contributed by atoms with Crippen LogP contribution >= 0.6 is 0 Å². The first-order valence-corrected chi connectivity index (χ1v) is 9.67. The van der Waals surface area contributed by atoms with Gasteiger partial charge >= 0.3 is 6.18 Å². The molecule has 162 valence electrons. The van der Waals surface area contributed by atoms with Crippen molar-refractivity contribution in [2.24, 2.45) is 0 Å². The van der Waals surface area contributed by atoms with E-state index in [0.717, 1.165) is 34.7 Å². The molecular weight excluding hydrogens is 401 g/mol. The standard InChI is InChI=1S/C19H23F3N6O2/c1-11-4-5-15(30-11)14(27-6-8-29-9-7-27)10-23-16-12(2)13(3)17-24-25-18(19(20,21)22)28(17)26-16/h4-5,14H,6-10H2,1-3H3,(H,23,26). The number of anilines is 1. The summed E-state index contributed by atoms with van der Waals surface area (Å²) in [5, 5.41) is 14.3. The van der Waals surface area contributed by atoms with Crippen molar-refractivity contribution in [2.45, 2.75) is 33.0 Å². The lowest BCUT2D eigenvalue weighted by Crippen LogP contribution is -2.41. The molecule has 0 spiro atoms. The number of halogens is 3. The van der Waals surface area contributed by atoms with E-state index >= 15 is 0 Å². The Hall–Kier alpha value is -2.66. The van der Waals surface area contributed by atoms with E-state index in [2.05, 4.69) is 25.5 Å². The Morgan fingerprint density at radius 1 is 1.10 bits per heavy atom. The second-order valence-corrected chi connectivity index (χ2v) is 7.35. The van der Waals surface area contributed by atoms with Crippen LogP contribution in [0.1, 0.15) is 34.5 Å². The molecule has 30 heavy (non-hydrogen) atoms. The quantitative estimate of drug-likeness (QED) is 0.674. The molecule has 1 unspecified atom stereocenters. The molecule has 0 aromatic carbocycles. The first kappa shape index (κ1) is 20.6. The van der Waals surface area contributed by atoms with Crippen LogP contribution in [0.2, 0.25) is 0 Å². The molecule has 0 radical (unpaired) electrons. The third kappa shape index (κ3) is 3.86. The first-order chi connectivity index (χ1) is 14.3. The largest absolute Gasteiger partial charge is 0.465 e. The minimum atomic E-state index is -4.65. The molecule has 11 heteroatoms. The number of aryl methyl sites for hydroxylation is 2. The van der Waals surface area contributed by atoms with E-state index in [9.17, 15) is 13.2 Å². The number of aromatic nitrogens is 4. The minimum absolute atomic E-state index is 0.0942. The summed E-state index contributed by atoms with van der Waals surface area (Å²) in [6.07, 6.45) is -4.65. The van der Waals surface area contributed by atoms with Gasteiger partial charge in [0.05, 0.1) is 19.3 Å². The summed E-state index contributed by atoms with van der Waals surface area (Å²) in [6, 6.07) is 3.71. The fourth-order valence-electron chi connectivity index (χ4n) is 3.60. The predicted octanol–water partition coefficient (Wildman–Crippen LogP) is 3.15. The van der Waals surface area contributed by atoms with Crippen LogP contribution < -0.4 is 5.32 Å². The van der Waals surface area contributed by atoms with Crippen molar-refractivity contribution < 1.29 is 22.3 Å². The number of fused-ring (bicyclic) bond motifs is 1. The van der Waals surface area contributed by atoms with Crippen molar-refractivity contribution in [3.8, 4) is 0 Å². The van der Waals surface area contributed by atoms with E-state index in [1.165, 1.54) is 0 Å². The van der Waals surface area contributed by atoms with Crippen LogP contribution in [0.15, 0.2) is 16.5 Å². The number of rotatable bonds is 5. The molecule has 1 fully saturated rings. The molecule has 8 nitrogen and oxygen atoms in total. The maximum Gasteiger partial charge on any atom is 0.453 e. The van der Waals surface area contributed by atoms with Gasteiger partial charge in [-0.2, -0.15) is 17.7 Å².